The van der Waals surface area contributed by atoms with Crippen LogP contribution < -0.4 is 4.72 Å². The zero-order valence-electron chi connectivity index (χ0n) is 12.5. The first-order valence-corrected chi connectivity index (χ1v) is 8.24. The SMILES string of the molecule is CCC(CC)(NS(=O)(=O)N(C)Cc1ccccc1)C(=O)O. The lowest BCUT2D eigenvalue weighted by molar-refractivity contribution is -0.144. The fourth-order valence-corrected chi connectivity index (χ4v) is 3.34. The Morgan fingerprint density at radius 3 is 2.19 bits per heavy atom. The summed E-state index contributed by atoms with van der Waals surface area (Å²) in [5.41, 5.74) is -0.636. The van der Waals surface area contributed by atoms with Crippen molar-refractivity contribution in [1.82, 2.24) is 9.03 Å². The molecule has 118 valence electrons. The van der Waals surface area contributed by atoms with Gasteiger partial charge in [-0.25, -0.2) is 0 Å². The molecule has 0 atom stereocenters. The van der Waals surface area contributed by atoms with Gasteiger partial charge in [-0.3, -0.25) is 4.79 Å². The highest BCUT2D eigenvalue weighted by atomic mass is 32.2. The van der Waals surface area contributed by atoms with Crippen LogP contribution in [0.25, 0.3) is 0 Å². The van der Waals surface area contributed by atoms with Gasteiger partial charge in [-0.15, -0.1) is 0 Å². The van der Waals surface area contributed by atoms with E-state index >= 15 is 0 Å². The Bertz CT molecular complexity index is 568. The van der Waals surface area contributed by atoms with Crippen LogP contribution >= 0.6 is 0 Å². The lowest BCUT2D eigenvalue weighted by Gasteiger charge is -2.30. The van der Waals surface area contributed by atoms with Gasteiger partial charge in [-0.1, -0.05) is 44.2 Å². The van der Waals surface area contributed by atoms with Crippen molar-refractivity contribution in [2.45, 2.75) is 38.8 Å². The molecule has 0 fully saturated rings. The summed E-state index contributed by atoms with van der Waals surface area (Å²) in [7, 11) is -2.46. The number of nitrogens with one attached hydrogen (secondary N) is 1. The van der Waals surface area contributed by atoms with E-state index in [2.05, 4.69) is 4.72 Å². The number of nitrogens with zero attached hydrogens (tertiary/aromatic N) is 1. The molecule has 0 bridgehead atoms. The number of aliphatic carboxylic acids is 1. The summed E-state index contributed by atoms with van der Waals surface area (Å²) in [5.74, 6) is -1.16. The number of benzene rings is 1. The second-order valence-electron chi connectivity index (χ2n) is 4.94. The van der Waals surface area contributed by atoms with E-state index in [0.717, 1.165) is 9.87 Å². The van der Waals surface area contributed by atoms with Crippen LogP contribution in [-0.4, -0.2) is 36.4 Å². The third kappa shape index (κ3) is 4.26. The molecule has 6 nitrogen and oxygen atoms in total. The standard InChI is InChI=1S/C14H22N2O4S/c1-4-14(5-2,13(17)18)15-21(19,20)16(3)11-12-9-7-6-8-10-12/h6-10,15H,4-5,11H2,1-3H3,(H,17,18). The highest BCUT2D eigenvalue weighted by molar-refractivity contribution is 7.87. The molecule has 0 aliphatic carbocycles. The molecule has 0 saturated carbocycles. The molecule has 1 aromatic carbocycles. The van der Waals surface area contributed by atoms with Crippen molar-refractivity contribution >= 4 is 16.2 Å². The molecule has 0 amide bonds. The summed E-state index contributed by atoms with van der Waals surface area (Å²) in [6.45, 7) is 3.48. The van der Waals surface area contributed by atoms with Crippen LogP contribution in [0, 0.1) is 0 Å². The molecule has 2 N–H and O–H groups in total. The molecule has 0 saturated heterocycles. The third-order valence-electron chi connectivity index (χ3n) is 3.60. The van der Waals surface area contributed by atoms with Gasteiger partial charge >= 0.3 is 5.97 Å². The maximum absolute atomic E-state index is 12.3. The van der Waals surface area contributed by atoms with E-state index in [0.29, 0.717) is 0 Å². The molecule has 0 aliphatic rings. The number of hydrogen-bond donors (Lipinski definition) is 2. The molecule has 1 rings (SSSR count). The average molecular weight is 314 g/mol. The average Bonchev–Trinajstić information content (AvgIpc) is 2.45. The molecular weight excluding hydrogens is 292 g/mol. The number of hydrogen-bond acceptors (Lipinski definition) is 3. The van der Waals surface area contributed by atoms with Crippen LogP contribution in [0.3, 0.4) is 0 Å². The lowest BCUT2D eigenvalue weighted by atomic mass is 9.95. The van der Waals surface area contributed by atoms with Crippen LogP contribution in [0.1, 0.15) is 32.3 Å². The molecule has 0 unspecified atom stereocenters. The van der Waals surface area contributed by atoms with Crippen molar-refractivity contribution in [2.24, 2.45) is 0 Å². The van der Waals surface area contributed by atoms with E-state index in [4.69, 9.17) is 0 Å². The molecule has 0 spiro atoms. The minimum atomic E-state index is -3.88. The summed E-state index contributed by atoms with van der Waals surface area (Å²) in [6.07, 6.45) is 0.356. The van der Waals surface area contributed by atoms with Crippen molar-refractivity contribution in [3.63, 3.8) is 0 Å². The monoisotopic (exact) mass is 314 g/mol. The van der Waals surface area contributed by atoms with Gasteiger partial charge in [0, 0.05) is 13.6 Å². The number of carboxylic acid groups (broad SMARTS) is 1. The van der Waals surface area contributed by atoms with Crippen molar-refractivity contribution < 1.29 is 18.3 Å². The summed E-state index contributed by atoms with van der Waals surface area (Å²) in [6, 6.07) is 9.12. The van der Waals surface area contributed by atoms with E-state index in [9.17, 15) is 18.3 Å². The first-order valence-electron chi connectivity index (χ1n) is 6.80. The van der Waals surface area contributed by atoms with Gasteiger partial charge in [-0.2, -0.15) is 17.4 Å². The highest BCUT2D eigenvalue weighted by Gasteiger charge is 2.40. The van der Waals surface area contributed by atoms with Crippen LogP contribution in [0.5, 0.6) is 0 Å². The first kappa shape index (κ1) is 17.6. The van der Waals surface area contributed by atoms with Gasteiger partial charge in [0.25, 0.3) is 10.2 Å². The predicted octanol–water partition coefficient (Wildman–Crippen LogP) is 1.60. The van der Waals surface area contributed by atoms with Crippen LogP contribution in [0.15, 0.2) is 30.3 Å². The van der Waals surface area contributed by atoms with Gasteiger partial charge in [0.05, 0.1) is 0 Å². The smallest absolute Gasteiger partial charge is 0.324 e. The maximum Gasteiger partial charge on any atom is 0.324 e. The summed E-state index contributed by atoms with van der Waals surface area (Å²) in [4.78, 5) is 11.4. The largest absolute Gasteiger partial charge is 0.480 e. The number of carboxylic acids is 1. The maximum atomic E-state index is 12.3. The van der Waals surface area contributed by atoms with E-state index < -0.39 is 21.7 Å². The molecule has 0 radical (unpaired) electrons. The topological polar surface area (TPSA) is 86.7 Å². The molecular formula is C14H22N2O4S. The Morgan fingerprint density at radius 1 is 1.24 bits per heavy atom. The van der Waals surface area contributed by atoms with Crippen molar-refractivity contribution in [2.75, 3.05) is 7.05 Å². The second-order valence-corrected chi connectivity index (χ2v) is 6.72. The highest BCUT2D eigenvalue weighted by Crippen LogP contribution is 2.18. The quantitative estimate of drug-likeness (QED) is 0.763. The zero-order chi connectivity index (χ0) is 16.1. The second kappa shape index (κ2) is 7.02. The third-order valence-corrected chi connectivity index (χ3v) is 5.20. The van der Waals surface area contributed by atoms with E-state index in [1.54, 1.807) is 13.8 Å². The fraction of sp³-hybridized carbons (Fsp3) is 0.500. The molecule has 21 heavy (non-hydrogen) atoms. The van der Waals surface area contributed by atoms with Gasteiger partial charge in [0.15, 0.2) is 0 Å². The molecule has 0 aliphatic heterocycles. The molecule has 0 aromatic heterocycles. The van der Waals surface area contributed by atoms with Crippen LogP contribution in [-0.2, 0) is 21.5 Å². The van der Waals surface area contributed by atoms with Gasteiger partial charge in [0.2, 0.25) is 0 Å². The Labute approximate surface area is 126 Å². The molecule has 1 aromatic rings. The normalized spacial score (nSPS) is 12.6. The Hall–Kier alpha value is -1.44. The number of rotatable bonds is 8. The van der Waals surface area contributed by atoms with Crippen molar-refractivity contribution in [1.29, 1.82) is 0 Å². The van der Waals surface area contributed by atoms with Crippen molar-refractivity contribution in [3.05, 3.63) is 35.9 Å². The van der Waals surface area contributed by atoms with Crippen LogP contribution in [0.2, 0.25) is 0 Å². The minimum Gasteiger partial charge on any atom is -0.480 e. The van der Waals surface area contributed by atoms with Gasteiger partial charge < -0.3 is 5.11 Å². The number of carbonyl (C=O) groups is 1. The fourth-order valence-electron chi connectivity index (χ4n) is 1.99. The van der Waals surface area contributed by atoms with E-state index in [1.165, 1.54) is 7.05 Å². The summed E-state index contributed by atoms with van der Waals surface area (Å²) >= 11 is 0. The summed E-state index contributed by atoms with van der Waals surface area (Å²) in [5, 5.41) is 9.31. The molecule has 0 heterocycles. The van der Waals surface area contributed by atoms with Crippen molar-refractivity contribution in [3.8, 4) is 0 Å². The zero-order valence-corrected chi connectivity index (χ0v) is 13.4. The Morgan fingerprint density at radius 2 is 1.76 bits per heavy atom. The van der Waals surface area contributed by atoms with E-state index in [-0.39, 0.29) is 19.4 Å². The van der Waals surface area contributed by atoms with Gasteiger partial charge in [-0.05, 0) is 18.4 Å². The lowest BCUT2D eigenvalue weighted by Crippen LogP contribution is -2.56. The molecule has 7 heteroatoms. The Balaban J connectivity index is 2.92. The summed E-state index contributed by atoms with van der Waals surface area (Å²) < 4.78 is 28.1. The minimum absolute atomic E-state index is 0.178. The first-order chi connectivity index (χ1) is 9.77. The van der Waals surface area contributed by atoms with E-state index in [1.807, 2.05) is 30.3 Å². The van der Waals surface area contributed by atoms with Gasteiger partial charge in [0.1, 0.15) is 5.54 Å². The predicted molar refractivity (Wildman–Crippen MR) is 80.9 cm³/mol. The van der Waals surface area contributed by atoms with Crippen LogP contribution in [0.4, 0.5) is 0 Å². The Kier molecular flexibility index (Phi) is 5.88.